The molecule has 3 rings (SSSR count). The summed E-state index contributed by atoms with van der Waals surface area (Å²) in [6.45, 7) is 2.68. The van der Waals surface area contributed by atoms with Crippen molar-refractivity contribution in [1.82, 2.24) is 4.90 Å². The first-order valence-corrected chi connectivity index (χ1v) is 6.89. The second-order valence-electron chi connectivity index (χ2n) is 4.92. The third kappa shape index (κ3) is 3.06. The molecule has 1 aliphatic heterocycles. The maximum absolute atomic E-state index is 6.33. The van der Waals surface area contributed by atoms with Crippen molar-refractivity contribution in [2.45, 2.75) is 13.1 Å². The van der Waals surface area contributed by atoms with Gasteiger partial charge in [0, 0.05) is 24.7 Å². The minimum absolute atomic E-state index is 0.811. The standard InChI is InChI=1S/C17H16ClN/c18-17-10-15-8-4-5-9-16(15)12-19(13-17)11-14-6-2-1-3-7-14/h1-10H,11-13H2. The highest BCUT2D eigenvalue weighted by molar-refractivity contribution is 6.31. The van der Waals surface area contributed by atoms with Gasteiger partial charge in [0.05, 0.1) is 0 Å². The van der Waals surface area contributed by atoms with Crippen LogP contribution < -0.4 is 0 Å². The summed E-state index contributed by atoms with van der Waals surface area (Å²) in [7, 11) is 0. The zero-order valence-electron chi connectivity index (χ0n) is 10.7. The largest absolute Gasteiger partial charge is 0.290 e. The molecule has 1 nitrogen and oxygen atoms in total. The summed E-state index contributed by atoms with van der Waals surface area (Å²) in [4.78, 5) is 2.38. The average molecular weight is 270 g/mol. The second-order valence-corrected chi connectivity index (χ2v) is 5.41. The Hall–Kier alpha value is -1.57. The van der Waals surface area contributed by atoms with E-state index in [-0.39, 0.29) is 0 Å². The van der Waals surface area contributed by atoms with Crippen LogP contribution in [0.4, 0.5) is 0 Å². The van der Waals surface area contributed by atoms with Gasteiger partial charge in [0.1, 0.15) is 0 Å². The van der Waals surface area contributed by atoms with Crippen LogP contribution in [0.5, 0.6) is 0 Å². The van der Waals surface area contributed by atoms with Crippen molar-refractivity contribution in [2.75, 3.05) is 6.54 Å². The lowest BCUT2D eigenvalue weighted by atomic mass is 10.1. The molecule has 0 aliphatic carbocycles. The number of fused-ring (bicyclic) bond motifs is 1. The highest BCUT2D eigenvalue weighted by Crippen LogP contribution is 2.23. The molecule has 0 atom stereocenters. The molecule has 0 bridgehead atoms. The van der Waals surface area contributed by atoms with Gasteiger partial charge < -0.3 is 0 Å². The zero-order valence-corrected chi connectivity index (χ0v) is 11.5. The summed E-state index contributed by atoms with van der Waals surface area (Å²) in [5.41, 5.74) is 3.91. The zero-order chi connectivity index (χ0) is 13.1. The van der Waals surface area contributed by atoms with Gasteiger partial charge in [-0.2, -0.15) is 0 Å². The monoisotopic (exact) mass is 269 g/mol. The molecule has 2 aromatic carbocycles. The van der Waals surface area contributed by atoms with E-state index in [0.717, 1.165) is 24.7 Å². The second kappa shape index (κ2) is 5.60. The summed E-state index contributed by atoms with van der Waals surface area (Å²) in [6.07, 6.45) is 2.09. The Bertz CT molecular complexity index is 589. The highest BCUT2D eigenvalue weighted by atomic mass is 35.5. The molecule has 96 valence electrons. The first-order chi connectivity index (χ1) is 9.31. The predicted molar refractivity (Wildman–Crippen MR) is 80.8 cm³/mol. The Balaban J connectivity index is 1.84. The Kier molecular flexibility index (Phi) is 3.67. The van der Waals surface area contributed by atoms with Crippen molar-refractivity contribution in [3.8, 4) is 0 Å². The molecule has 2 aromatic rings. The maximum Gasteiger partial charge on any atom is 0.0348 e. The van der Waals surface area contributed by atoms with E-state index in [2.05, 4.69) is 59.5 Å². The van der Waals surface area contributed by atoms with Crippen molar-refractivity contribution < 1.29 is 0 Å². The van der Waals surface area contributed by atoms with Gasteiger partial charge in [0.15, 0.2) is 0 Å². The average Bonchev–Trinajstić information content (AvgIpc) is 2.57. The Morgan fingerprint density at radius 2 is 1.63 bits per heavy atom. The Morgan fingerprint density at radius 3 is 2.47 bits per heavy atom. The van der Waals surface area contributed by atoms with Crippen LogP contribution >= 0.6 is 11.6 Å². The summed E-state index contributed by atoms with van der Waals surface area (Å²) in [5, 5.41) is 0.904. The van der Waals surface area contributed by atoms with E-state index in [9.17, 15) is 0 Å². The van der Waals surface area contributed by atoms with Crippen molar-refractivity contribution in [1.29, 1.82) is 0 Å². The molecule has 1 aliphatic rings. The Labute approximate surface area is 119 Å². The first-order valence-electron chi connectivity index (χ1n) is 6.51. The molecule has 1 heterocycles. The number of hydrogen-bond acceptors (Lipinski definition) is 1. The molecular formula is C17H16ClN. The van der Waals surface area contributed by atoms with Crippen LogP contribution in [0.25, 0.3) is 6.08 Å². The topological polar surface area (TPSA) is 3.24 Å². The highest BCUT2D eigenvalue weighted by Gasteiger charge is 2.14. The number of nitrogens with zero attached hydrogens (tertiary/aromatic N) is 1. The lowest BCUT2D eigenvalue weighted by Gasteiger charge is -2.20. The van der Waals surface area contributed by atoms with Gasteiger partial charge in [-0.3, -0.25) is 4.90 Å². The molecule has 19 heavy (non-hydrogen) atoms. The van der Waals surface area contributed by atoms with Crippen molar-refractivity contribution in [3.63, 3.8) is 0 Å². The SMILES string of the molecule is ClC1=Cc2ccccc2CN(Cc2ccccc2)C1. The van der Waals surface area contributed by atoms with Gasteiger partial charge in [-0.15, -0.1) is 0 Å². The fourth-order valence-corrected chi connectivity index (χ4v) is 2.78. The normalized spacial score (nSPS) is 15.5. The van der Waals surface area contributed by atoms with Gasteiger partial charge in [-0.25, -0.2) is 0 Å². The number of rotatable bonds is 2. The van der Waals surface area contributed by atoms with Gasteiger partial charge in [-0.05, 0) is 22.8 Å². The van der Waals surface area contributed by atoms with Crippen LogP contribution in [0, 0.1) is 0 Å². The molecule has 0 aromatic heterocycles. The summed E-state index contributed by atoms with van der Waals surface area (Å²) in [6, 6.07) is 19.0. The van der Waals surface area contributed by atoms with Gasteiger partial charge in [0.25, 0.3) is 0 Å². The summed E-state index contributed by atoms with van der Waals surface area (Å²) < 4.78 is 0. The van der Waals surface area contributed by atoms with Crippen LogP contribution in [-0.2, 0) is 13.1 Å². The fraction of sp³-hybridized carbons (Fsp3) is 0.176. The van der Waals surface area contributed by atoms with Crippen molar-refractivity contribution in [3.05, 3.63) is 76.3 Å². The Morgan fingerprint density at radius 1 is 0.895 bits per heavy atom. The van der Waals surface area contributed by atoms with E-state index >= 15 is 0 Å². The molecule has 0 saturated heterocycles. The molecule has 0 N–H and O–H groups in total. The van der Waals surface area contributed by atoms with Crippen LogP contribution in [0.3, 0.4) is 0 Å². The number of halogens is 1. The van der Waals surface area contributed by atoms with E-state index < -0.39 is 0 Å². The van der Waals surface area contributed by atoms with Gasteiger partial charge >= 0.3 is 0 Å². The molecule has 0 saturated carbocycles. The smallest absolute Gasteiger partial charge is 0.0348 e. The van der Waals surface area contributed by atoms with E-state index in [1.165, 1.54) is 16.7 Å². The number of hydrogen-bond donors (Lipinski definition) is 0. The van der Waals surface area contributed by atoms with E-state index in [4.69, 9.17) is 11.6 Å². The number of benzene rings is 2. The maximum atomic E-state index is 6.33. The summed E-state index contributed by atoms with van der Waals surface area (Å²) >= 11 is 6.33. The van der Waals surface area contributed by atoms with E-state index in [1.807, 2.05) is 6.07 Å². The lowest BCUT2D eigenvalue weighted by molar-refractivity contribution is 0.285. The van der Waals surface area contributed by atoms with Crippen LogP contribution in [0.1, 0.15) is 16.7 Å². The van der Waals surface area contributed by atoms with Crippen molar-refractivity contribution >= 4 is 17.7 Å². The molecule has 0 radical (unpaired) electrons. The lowest BCUT2D eigenvalue weighted by Crippen LogP contribution is -2.23. The quantitative estimate of drug-likeness (QED) is 0.786. The predicted octanol–water partition coefficient (Wildman–Crippen LogP) is 4.28. The molecule has 0 spiro atoms. The molecule has 0 unspecified atom stereocenters. The van der Waals surface area contributed by atoms with E-state index in [0.29, 0.717) is 0 Å². The third-order valence-electron chi connectivity index (χ3n) is 3.38. The van der Waals surface area contributed by atoms with Crippen molar-refractivity contribution in [2.24, 2.45) is 0 Å². The van der Waals surface area contributed by atoms with Crippen LogP contribution in [0.15, 0.2) is 59.6 Å². The molecular weight excluding hydrogens is 254 g/mol. The van der Waals surface area contributed by atoms with Crippen LogP contribution in [-0.4, -0.2) is 11.4 Å². The van der Waals surface area contributed by atoms with Crippen LogP contribution in [0.2, 0.25) is 0 Å². The minimum Gasteiger partial charge on any atom is -0.290 e. The molecule has 0 fully saturated rings. The minimum atomic E-state index is 0.811. The molecule has 0 amide bonds. The molecule has 2 heteroatoms. The van der Waals surface area contributed by atoms with E-state index in [1.54, 1.807) is 0 Å². The third-order valence-corrected chi connectivity index (χ3v) is 3.61. The van der Waals surface area contributed by atoms with Gasteiger partial charge in [-0.1, -0.05) is 66.2 Å². The summed E-state index contributed by atoms with van der Waals surface area (Å²) in [5.74, 6) is 0. The first kappa shape index (κ1) is 12.5. The fourth-order valence-electron chi connectivity index (χ4n) is 2.50. The van der Waals surface area contributed by atoms with Gasteiger partial charge in [0.2, 0.25) is 0 Å².